The van der Waals surface area contributed by atoms with Crippen LogP contribution in [-0.2, 0) is 0 Å². The Morgan fingerprint density at radius 1 is 1.04 bits per heavy atom. The summed E-state index contributed by atoms with van der Waals surface area (Å²) in [5, 5.41) is 13.7. The van der Waals surface area contributed by atoms with Crippen LogP contribution in [0, 0.1) is 0 Å². The summed E-state index contributed by atoms with van der Waals surface area (Å²) in [5.74, 6) is 0.758. The normalized spacial score (nSPS) is 12.4. The number of hydrogen-bond donors (Lipinski definition) is 2. The maximum absolute atomic E-state index is 9.83. The Balaban J connectivity index is 1.81. The fraction of sp³-hybridized carbons (Fsp3) is 0.333. The molecule has 0 aliphatic heterocycles. The van der Waals surface area contributed by atoms with E-state index in [1.54, 1.807) is 11.8 Å². The third kappa shape index (κ3) is 6.83. The van der Waals surface area contributed by atoms with E-state index in [1.807, 2.05) is 62.4 Å². The molecule has 0 saturated carbocycles. The van der Waals surface area contributed by atoms with E-state index in [1.165, 1.54) is 0 Å². The van der Waals surface area contributed by atoms with E-state index in [9.17, 15) is 5.11 Å². The zero-order valence-electron chi connectivity index (χ0n) is 13.3. The van der Waals surface area contributed by atoms with Crippen molar-refractivity contribution >= 4 is 23.4 Å². The van der Waals surface area contributed by atoms with Crippen molar-refractivity contribution in [1.82, 2.24) is 5.32 Å². The fourth-order valence-corrected chi connectivity index (χ4v) is 2.81. The SMILES string of the molecule is CC(C)NC[C@@H](O)COc1ccc(Sc2ccc(Cl)cc2)cc1. The van der Waals surface area contributed by atoms with E-state index in [4.69, 9.17) is 16.3 Å². The maximum atomic E-state index is 9.83. The Morgan fingerprint density at radius 2 is 1.61 bits per heavy atom. The first kappa shape index (κ1) is 18.1. The largest absolute Gasteiger partial charge is 0.491 e. The summed E-state index contributed by atoms with van der Waals surface area (Å²) >= 11 is 7.55. The molecule has 0 amide bonds. The molecule has 2 aromatic rings. The minimum absolute atomic E-state index is 0.281. The molecule has 2 aromatic carbocycles. The Morgan fingerprint density at radius 3 is 2.17 bits per heavy atom. The molecule has 124 valence electrons. The van der Waals surface area contributed by atoms with E-state index >= 15 is 0 Å². The van der Waals surface area contributed by atoms with E-state index < -0.39 is 6.10 Å². The molecule has 2 N–H and O–H groups in total. The van der Waals surface area contributed by atoms with Gasteiger partial charge in [0.05, 0.1) is 0 Å². The summed E-state index contributed by atoms with van der Waals surface area (Å²) in [6.45, 7) is 4.90. The Bertz CT molecular complexity index is 587. The van der Waals surface area contributed by atoms with E-state index in [0.717, 1.165) is 20.6 Å². The minimum Gasteiger partial charge on any atom is -0.491 e. The van der Waals surface area contributed by atoms with E-state index in [0.29, 0.717) is 12.6 Å². The first-order chi connectivity index (χ1) is 11.0. The Kier molecular flexibility index (Phi) is 7.24. The van der Waals surface area contributed by atoms with Gasteiger partial charge in [0.2, 0.25) is 0 Å². The topological polar surface area (TPSA) is 41.5 Å². The molecule has 0 bridgehead atoms. The highest BCUT2D eigenvalue weighted by Crippen LogP contribution is 2.29. The van der Waals surface area contributed by atoms with Crippen LogP contribution in [0.4, 0.5) is 0 Å². The van der Waals surface area contributed by atoms with Crippen molar-refractivity contribution in [2.45, 2.75) is 35.8 Å². The zero-order chi connectivity index (χ0) is 16.7. The predicted molar refractivity (Wildman–Crippen MR) is 96.7 cm³/mol. The van der Waals surface area contributed by atoms with Crippen LogP contribution in [0.1, 0.15) is 13.8 Å². The van der Waals surface area contributed by atoms with Crippen LogP contribution in [0.25, 0.3) is 0 Å². The molecule has 0 radical (unpaired) electrons. The van der Waals surface area contributed by atoms with Gasteiger partial charge in [0.25, 0.3) is 0 Å². The third-order valence-electron chi connectivity index (χ3n) is 3.08. The summed E-state index contributed by atoms with van der Waals surface area (Å²) in [6, 6.07) is 16.0. The number of rotatable bonds is 8. The summed E-state index contributed by atoms with van der Waals surface area (Å²) in [5.41, 5.74) is 0. The summed E-state index contributed by atoms with van der Waals surface area (Å²) in [6.07, 6.45) is -0.513. The van der Waals surface area contributed by atoms with Gasteiger partial charge < -0.3 is 15.2 Å². The van der Waals surface area contributed by atoms with Gasteiger partial charge in [-0.3, -0.25) is 0 Å². The molecule has 0 heterocycles. The van der Waals surface area contributed by atoms with Gasteiger partial charge in [-0.15, -0.1) is 0 Å². The molecule has 0 unspecified atom stereocenters. The second-order valence-electron chi connectivity index (χ2n) is 5.56. The molecular weight excluding hydrogens is 330 g/mol. The van der Waals surface area contributed by atoms with Gasteiger partial charge in [-0.1, -0.05) is 37.2 Å². The molecule has 2 rings (SSSR count). The monoisotopic (exact) mass is 351 g/mol. The van der Waals surface area contributed by atoms with Crippen molar-refractivity contribution in [3.63, 3.8) is 0 Å². The highest BCUT2D eigenvalue weighted by molar-refractivity contribution is 7.99. The van der Waals surface area contributed by atoms with Gasteiger partial charge in [-0.25, -0.2) is 0 Å². The minimum atomic E-state index is -0.513. The lowest BCUT2D eigenvalue weighted by atomic mass is 10.3. The second-order valence-corrected chi connectivity index (χ2v) is 7.14. The molecular formula is C18H22ClNO2S. The fourth-order valence-electron chi connectivity index (χ4n) is 1.87. The van der Waals surface area contributed by atoms with Gasteiger partial charge in [-0.05, 0) is 48.5 Å². The van der Waals surface area contributed by atoms with Crippen LogP contribution in [0.3, 0.4) is 0 Å². The Hall–Kier alpha value is -1.20. The number of aliphatic hydroxyl groups is 1. The molecule has 0 aliphatic carbocycles. The molecule has 3 nitrogen and oxygen atoms in total. The maximum Gasteiger partial charge on any atom is 0.119 e. The number of aliphatic hydroxyl groups excluding tert-OH is 1. The molecule has 0 spiro atoms. The standard InChI is InChI=1S/C18H22ClNO2S/c1-13(2)20-11-15(21)12-22-16-5-9-18(10-6-16)23-17-7-3-14(19)4-8-17/h3-10,13,15,20-21H,11-12H2,1-2H3/t15-/m1/s1. The van der Waals surface area contributed by atoms with Crippen molar-refractivity contribution < 1.29 is 9.84 Å². The summed E-state index contributed by atoms with van der Waals surface area (Å²) in [7, 11) is 0. The van der Waals surface area contributed by atoms with Crippen LogP contribution in [-0.4, -0.2) is 30.4 Å². The number of nitrogens with one attached hydrogen (secondary N) is 1. The van der Waals surface area contributed by atoms with Crippen molar-refractivity contribution in [2.24, 2.45) is 0 Å². The lowest BCUT2D eigenvalue weighted by Gasteiger charge is -2.15. The number of benzene rings is 2. The first-order valence-electron chi connectivity index (χ1n) is 7.60. The smallest absolute Gasteiger partial charge is 0.119 e. The van der Waals surface area contributed by atoms with E-state index in [-0.39, 0.29) is 6.61 Å². The quantitative estimate of drug-likeness (QED) is 0.746. The van der Waals surface area contributed by atoms with Crippen molar-refractivity contribution in [1.29, 1.82) is 0 Å². The molecule has 23 heavy (non-hydrogen) atoms. The summed E-state index contributed by atoms with van der Waals surface area (Å²) < 4.78 is 5.60. The van der Waals surface area contributed by atoms with Crippen LogP contribution in [0.5, 0.6) is 5.75 Å². The van der Waals surface area contributed by atoms with Gasteiger partial charge in [0.15, 0.2) is 0 Å². The Labute approximate surface area is 147 Å². The van der Waals surface area contributed by atoms with Gasteiger partial charge in [0, 0.05) is 27.4 Å². The second kappa shape index (κ2) is 9.18. The van der Waals surface area contributed by atoms with Gasteiger partial charge in [0.1, 0.15) is 18.5 Å². The molecule has 1 atom stereocenters. The van der Waals surface area contributed by atoms with Crippen LogP contribution in [0.2, 0.25) is 5.02 Å². The molecule has 5 heteroatoms. The predicted octanol–water partition coefficient (Wildman–Crippen LogP) is 4.23. The highest BCUT2D eigenvalue weighted by atomic mass is 35.5. The average Bonchev–Trinajstić information content (AvgIpc) is 2.54. The first-order valence-corrected chi connectivity index (χ1v) is 8.80. The van der Waals surface area contributed by atoms with Gasteiger partial charge >= 0.3 is 0 Å². The average molecular weight is 352 g/mol. The van der Waals surface area contributed by atoms with Crippen molar-refractivity contribution in [2.75, 3.05) is 13.2 Å². The van der Waals surface area contributed by atoms with Crippen molar-refractivity contribution in [3.8, 4) is 5.75 Å². The number of ether oxygens (including phenoxy) is 1. The lowest BCUT2D eigenvalue weighted by Crippen LogP contribution is -2.35. The third-order valence-corrected chi connectivity index (χ3v) is 4.34. The van der Waals surface area contributed by atoms with Crippen LogP contribution < -0.4 is 10.1 Å². The molecule has 0 saturated heterocycles. The van der Waals surface area contributed by atoms with Crippen molar-refractivity contribution in [3.05, 3.63) is 53.6 Å². The molecule has 0 aliphatic rings. The van der Waals surface area contributed by atoms with Crippen LogP contribution in [0.15, 0.2) is 58.3 Å². The molecule has 0 aromatic heterocycles. The van der Waals surface area contributed by atoms with Gasteiger partial charge in [-0.2, -0.15) is 0 Å². The lowest BCUT2D eigenvalue weighted by molar-refractivity contribution is 0.104. The molecule has 0 fully saturated rings. The van der Waals surface area contributed by atoms with E-state index in [2.05, 4.69) is 5.32 Å². The number of halogens is 1. The summed E-state index contributed by atoms with van der Waals surface area (Å²) in [4.78, 5) is 2.26. The highest BCUT2D eigenvalue weighted by Gasteiger charge is 2.06. The van der Waals surface area contributed by atoms with Crippen LogP contribution >= 0.6 is 23.4 Å². The zero-order valence-corrected chi connectivity index (χ0v) is 14.9. The number of hydrogen-bond acceptors (Lipinski definition) is 4.